The third-order valence-electron chi connectivity index (χ3n) is 3.21. The number of carboxylic acids is 1. The quantitative estimate of drug-likeness (QED) is 0.754. The molecule has 5 nitrogen and oxygen atoms in total. The number of carbonyl (C=O) groups is 2. The van der Waals surface area contributed by atoms with Crippen molar-refractivity contribution in [3.63, 3.8) is 0 Å². The van der Waals surface area contributed by atoms with Crippen molar-refractivity contribution in [2.45, 2.75) is 12.8 Å². The average molecular weight is 409 g/mol. The van der Waals surface area contributed by atoms with Crippen molar-refractivity contribution in [1.82, 2.24) is 4.90 Å². The number of likely N-dealkylation sites (tertiary alicyclic amines) is 1. The maximum Gasteiger partial charge on any atom is 0.321 e. The van der Waals surface area contributed by atoms with Gasteiger partial charge in [0.15, 0.2) is 0 Å². The third-order valence-corrected chi connectivity index (χ3v) is 4.34. The van der Waals surface area contributed by atoms with E-state index in [1.807, 2.05) is 0 Å². The molecule has 0 radical (unpaired) electrons. The van der Waals surface area contributed by atoms with Crippen LogP contribution in [0.15, 0.2) is 18.2 Å². The Kier molecular flexibility index (Phi) is 5.09. The highest BCUT2D eigenvalue weighted by Crippen LogP contribution is 2.24. The molecule has 1 aliphatic heterocycles. The average Bonchev–Trinajstić information content (AvgIpc) is 2.80. The zero-order valence-corrected chi connectivity index (χ0v) is 13.5. The number of carboxylic acid groups (broad SMARTS) is 1. The molecule has 0 aromatic heterocycles. The van der Waals surface area contributed by atoms with Crippen molar-refractivity contribution in [1.29, 1.82) is 0 Å². The van der Waals surface area contributed by atoms with Crippen molar-refractivity contribution in [3.05, 3.63) is 26.8 Å². The lowest BCUT2D eigenvalue weighted by Gasteiger charge is -2.17. The van der Waals surface area contributed by atoms with Crippen LogP contribution >= 0.6 is 34.2 Å². The van der Waals surface area contributed by atoms with Gasteiger partial charge in [-0.05, 0) is 53.1 Å². The van der Waals surface area contributed by atoms with E-state index in [0.29, 0.717) is 23.8 Å². The van der Waals surface area contributed by atoms with E-state index in [-0.39, 0.29) is 18.4 Å². The lowest BCUT2D eigenvalue weighted by molar-refractivity contribution is -0.138. The fraction of sp³-hybridized carbons (Fsp3) is 0.385. The van der Waals surface area contributed by atoms with E-state index in [4.69, 9.17) is 16.7 Å². The highest BCUT2D eigenvalue weighted by atomic mass is 127. The molecule has 2 N–H and O–H groups in total. The number of nitrogens with one attached hydrogen (secondary N) is 1. The second-order valence-electron chi connectivity index (χ2n) is 4.75. The van der Waals surface area contributed by atoms with E-state index < -0.39 is 5.97 Å². The first-order chi connectivity index (χ1) is 9.45. The summed E-state index contributed by atoms with van der Waals surface area (Å²) in [5, 5.41) is 12.2. The Morgan fingerprint density at radius 3 is 2.90 bits per heavy atom. The summed E-state index contributed by atoms with van der Waals surface area (Å²) in [7, 11) is 0. The molecule has 2 amide bonds. The fourth-order valence-corrected chi connectivity index (χ4v) is 3.22. The molecule has 1 aliphatic rings. The molecule has 1 aromatic rings. The number of anilines is 1. The standard InChI is InChI=1S/C13H14ClIN2O3/c14-9-1-2-11(10(15)6-9)16-13(20)17-4-3-8(7-17)5-12(18)19/h1-2,6,8H,3-5,7H2,(H,16,20)(H,18,19). The van der Waals surface area contributed by atoms with Gasteiger partial charge in [0.05, 0.1) is 5.69 Å². The molecule has 2 rings (SSSR count). The van der Waals surface area contributed by atoms with Gasteiger partial charge in [0, 0.05) is 28.1 Å². The first-order valence-electron chi connectivity index (χ1n) is 6.18. The van der Waals surface area contributed by atoms with E-state index in [0.717, 1.165) is 9.99 Å². The number of urea groups is 1. The Morgan fingerprint density at radius 2 is 2.25 bits per heavy atom. The highest BCUT2D eigenvalue weighted by molar-refractivity contribution is 14.1. The number of aliphatic carboxylic acids is 1. The lowest BCUT2D eigenvalue weighted by Crippen LogP contribution is -2.33. The smallest absolute Gasteiger partial charge is 0.321 e. The maximum atomic E-state index is 12.1. The van der Waals surface area contributed by atoms with Crippen molar-refractivity contribution >= 4 is 51.9 Å². The van der Waals surface area contributed by atoms with Gasteiger partial charge in [-0.1, -0.05) is 11.6 Å². The van der Waals surface area contributed by atoms with Crippen LogP contribution in [0.2, 0.25) is 5.02 Å². The van der Waals surface area contributed by atoms with E-state index in [9.17, 15) is 9.59 Å². The first kappa shape index (κ1) is 15.4. The number of carbonyl (C=O) groups excluding carboxylic acids is 1. The highest BCUT2D eigenvalue weighted by Gasteiger charge is 2.27. The van der Waals surface area contributed by atoms with Gasteiger partial charge < -0.3 is 15.3 Å². The zero-order chi connectivity index (χ0) is 14.7. The topological polar surface area (TPSA) is 69.6 Å². The van der Waals surface area contributed by atoms with Crippen LogP contribution in [0.3, 0.4) is 0 Å². The number of nitrogens with zero attached hydrogens (tertiary/aromatic N) is 1. The normalized spacial score (nSPS) is 18.1. The predicted molar refractivity (Wildman–Crippen MR) is 85.1 cm³/mol. The minimum absolute atomic E-state index is 0.0440. The van der Waals surface area contributed by atoms with E-state index >= 15 is 0 Å². The summed E-state index contributed by atoms with van der Waals surface area (Å²) < 4.78 is 0.865. The maximum absolute atomic E-state index is 12.1. The summed E-state index contributed by atoms with van der Waals surface area (Å²) in [6, 6.07) is 5.05. The number of amides is 2. The Labute approximate surface area is 135 Å². The van der Waals surface area contributed by atoms with Gasteiger partial charge in [-0.3, -0.25) is 4.79 Å². The van der Waals surface area contributed by atoms with Crippen molar-refractivity contribution in [3.8, 4) is 0 Å². The Balaban J connectivity index is 1.94. The molecule has 0 saturated carbocycles. The fourth-order valence-electron chi connectivity index (χ4n) is 2.22. The summed E-state index contributed by atoms with van der Waals surface area (Å²) in [5.41, 5.74) is 0.710. The Bertz CT molecular complexity index is 538. The monoisotopic (exact) mass is 408 g/mol. The second kappa shape index (κ2) is 6.62. The summed E-state index contributed by atoms with van der Waals surface area (Å²) in [5.74, 6) is -0.771. The van der Waals surface area contributed by atoms with Crippen molar-refractivity contribution in [2.75, 3.05) is 18.4 Å². The van der Waals surface area contributed by atoms with Gasteiger partial charge in [0.25, 0.3) is 0 Å². The van der Waals surface area contributed by atoms with E-state index in [1.54, 1.807) is 23.1 Å². The second-order valence-corrected chi connectivity index (χ2v) is 6.35. The SMILES string of the molecule is O=C(O)CC1CCN(C(=O)Nc2ccc(Cl)cc2I)C1. The van der Waals surface area contributed by atoms with Crippen molar-refractivity contribution in [2.24, 2.45) is 5.92 Å². The summed E-state index contributed by atoms with van der Waals surface area (Å²) in [6.07, 6.45) is 0.847. The van der Waals surface area contributed by atoms with Crippen LogP contribution in [0.4, 0.5) is 10.5 Å². The molecule has 1 unspecified atom stereocenters. The predicted octanol–water partition coefficient (Wildman–Crippen LogP) is 3.27. The molecule has 0 aliphatic carbocycles. The largest absolute Gasteiger partial charge is 0.481 e. The number of hydrogen-bond donors (Lipinski definition) is 2. The molecule has 0 spiro atoms. The van der Waals surface area contributed by atoms with E-state index in [2.05, 4.69) is 27.9 Å². The number of hydrogen-bond acceptors (Lipinski definition) is 2. The molecule has 7 heteroatoms. The molecule has 108 valence electrons. The minimum Gasteiger partial charge on any atom is -0.481 e. The molecule has 1 fully saturated rings. The molecule has 1 atom stereocenters. The summed E-state index contributed by atoms with van der Waals surface area (Å²) in [4.78, 5) is 24.4. The van der Waals surface area contributed by atoms with Gasteiger partial charge in [-0.25, -0.2) is 4.79 Å². The van der Waals surface area contributed by atoms with Gasteiger partial charge in [-0.15, -0.1) is 0 Å². The van der Waals surface area contributed by atoms with Gasteiger partial charge in [0.2, 0.25) is 0 Å². The van der Waals surface area contributed by atoms with Gasteiger partial charge >= 0.3 is 12.0 Å². The Morgan fingerprint density at radius 1 is 1.50 bits per heavy atom. The lowest BCUT2D eigenvalue weighted by atomic mass is 10.1. The molecule has 1 aromatic carbocycles. The zero-order valence-electron chi connectivity index (χ0n) is 10.6. The summed E-state index contributed by atoms with van der Waals surface area (Å²) in [6.45, 7) is 1.08. The molecule has 0 bridgehead atoms. The molecule has 1 heterocycles. The van der Waals surface area contributed by atoms with Crippen molar-refractivity contribution < 1.29 is 14.7 Å². The van der Waals surface area contributed by atoms with Crippen LogP contribution in [-0.4, -0.2) is 35.1 Å². The molecular formula is C13H14ClIN2O3. The van der Waals surface area contributed by atoms with Crippen LogP contribution in [0.25, 0.3) is 0 Å². The number of halogens is 2. The third kappa shape index (κ3) is 3.99. The Hall–Kier alpha value is -1.02. The molecular weight excluding hydrogens is 395 g/mol. The number of benzene rings is 1. The number of rotatable bonds is 3. The molecule has 20 heavy (non-hydrogen) atoms. The summed E-state index contributed by atoms with van der Waals surface area (Å²) >= 11 is 7.97. The van der Waals surface area contributed by atoms with Crippen LogP contribution in [0.5, 0.6) is 0 Å². The van der Waals surface area contributed by atoms with Crippen LogP contribution in [0, 0.1) is 9.49 Å². The van der Waals surface area contributed by atoms with E-state index in [1.165, 1.54) is 0 Å². The molecule has 1 saturated heterocycles. The van der Waals surface area contributed by atoms with Crippen LogP contribution in [0.1, 0.15) is 12.8 Å². The van der Waals surface area contributed by atoms with Crippen LogP contribution in [-0.2, 0) is 4.79 Å². The van der Waals surface area contributed by atoms with Crippen LogP contribution < -0.4 is 5.32 Å². The van der Waals surface area contributed by atoms with Gasteiger partial charge in [-0.2, -0.15) is 0 Å². The minimum atomic E-state index is -0.815. The van der Waals surface area contributed by atoms with Gasteiger partial charge in [0.1, 0.15) is 0 Å². The first-order valence-corrected chi connectivity index (χ1v) is 7.64.